The smallest absolute Gasteiger partial charge is 0.313 e. The zero-order valence-electron chi connectivity index (χ0n) is 12.2. The lowest BCUT2D eigenvalue weighted by molar-refractivity contribution is -0.133. The summed E-state index contributed by atoms with van der Waals surface area (Å²) in [5.41, 5.74) is 0. The molecule has 1 N–H and O–H groups in total. The van der Waals surface area contributed by atoms with Crippen LogP contribution in [-0.2, 0) is 17.6 Å². The molecule has 0 spiro atoms. The highest BCUT2D eigenvalue weighted by Gasteiger charge is 2.19. The number of thioether (sulfide) groups is 1. The Hall–Kier alpha value is -1.76. The maximum Gasteiger partial charge on any atom is 0.313 e. The number of furan rings is 1. The molecule has 114 valence electrons. The van der Waals surface area contributed by atoms with E-state index < -0.39 is 5.97 Å². The van der Waals surface area contributed by atoms with Crippen molar-refractivity contribution in [3.05, 3.63) is 30.0 Å². The summed E-state index contributed by atoms with van der Waals surface area (Å²) in [6.07, 6.45) is 4.17. The first-order chi connectivity index (χ1) is 10.1. The molecule has 0 aliphatic rings. The van der Waals surface area contributed by atoms with E-state index in [0.29, 0.717) is 5.16 Å². The van der Waals surface area contributed by atoms with E-state index in [9.17, 15) is 4.79 Å². The first-order valence-electron chi connectivity index (χ1n) is 6.92. The summed E-state index contributed by atoms with van der Waals surface area (Å²) in [6, 6.07) is 3.91. The molecule has 0 saturated carbocycles. The summed E-state index contributed by atoms with van der Waals surface area (Å²) in [4.78, 5) is 10.7. The molecule has 6 nitrogen and oxygen atoms in total. The van der Waals surface area contributed by atoms with Gasteiger partial charge in [-0.2, -0.15) is 0 Å². The molecule has 1 unspecified atom stereocenters. The van der Waals surface area contributed by atoms with Gasteiger partial charge < -0.3 is 14.1 Å². The third-order valence-corrected chi connectivity index (χ3v) is 3.98. The zero-order valence-corrected chi connectivity index (χ0v) is 13.0. The highest BCUT2D eigenvalue weighted by atomic mass is 32.2. The lowest BCUT2D eigenvalue weighted by Gasteiger charge is -2.16. The van der Waals surface area contributed by atoms with Gasteiger partial charge in [-0.1, -0.05) is 18.7 Å². The Bertz CT molecular complexity index is 580. The van der Waals surface area contributed by atoms with Gasteiger partial charge in [0, 0.05) is 18.9 Å². The van der Waals surface area contributed by atoms with Crippen LogP contribution in [0.5, 0.6) is 0 Å². The summed E-state index contributed by atoms with van der Waals surface area (Å²) in [7, 11) is 0. The van der Waals surface area contributed by atoms with E-state index >= 15 is 0 Å². The number of aryl methyl sites for hydroxylation is 1. The van der Waals surface area contributed by atoms with Gasteiger partial charge in [0.1, 0.15) is 11.6 Å². The lowest BCUT2D eigenvalue weighted by Crippen LogP contribution is -2.13. The molecule has 2 aromatic heterocycles. The standard InChI is InChI=1S/C14H19N3O3S/c1-3-5-12-15-16-14(21-9-13(18)19)17(12)10(2)8-11-6-4-7-20-11/h4,6-7,10H,3,5,8-9H2,1-2H3,(H,18,19). The zero-order chi connectivity index (χ0) is 15.2. The monoisotopic (exact) mass is 309 g/mol. The molecule has 7 heteroatoms. The lowest BCUT2D eigenvalue weighted by atomic mass is 10.2. The van der Waals surface area contributed by atoms with Gasteiger partial charge in [0.05, 0.1) is 12.0 Å². The molecule has 0 aromatic carbocycles. The number of carboxylic acids is 1. The molecule has 1 atom stereocenters. The molecule has 2 aromatic rings. The van der Waals surface area contributed by atoms with E-state index in [1.807, 2.05) is 16.7 Å². The second-order valence-electron chi connectivity index (χ2n) is 4.83. The molecule has 0 saturated heterocycles. The predicted octanol–water partition coefficient (Wildman–Crippen LogP) is 2.80. The SMILES string of the molecule is CCCc1nnc(SCC(=O)O)n1C(C)Cc1ccco1. The Labute approximate surface area is 127 Å². The van der Waals surface area contributed by atoms with E-state index in [2.05, 4.69) is 24.0 Å². The van der Waals surface area contributed by atoms with E-state index in [1.165, 1.54) is 11.8 Å². The Balaban J connectivity index is 2.20. The molecular formula is C14H19N3O3S. The van der Waals surface area contributed by atoms with Crippen molar-refractivity contribution in [3.63, 3.8) is 0 Å². The van der Waals surface area contributed by atoms with Crippen LogP contribution in [-0.4, -0.2) is 31.6 Å². The number of hydrogen-bond donors (Lipinski definition) is 1. The Kier molecular flexibility index (Phi) is 5.44. The average Bonchev–Trinajstić information content (AvgIpc) is 3.06. The fourth-order valence-corrected chi connectivity index (χ4v) is 2.96. The van der Waals surface area contributed by atoms with Crippen LogP contribution in [0.3, 0.4) is 0 Å². The summed E-state index contributed by atoms with van der Waals surface area (Å²) < 4.78 is 7.41. The Morgan fingerprint density at radius 2 is 2.33 bits per heavy atom. The Morgan fingerprint density at radius 1 is 1.52 bits per heavy atom. The fraction of sp³-hybridized carbons (Fsp3) is 0.500. The molecule has 21 heavy (non-hydrogen) atoms. The minimum atomic E-state index is -0.856. The van der Waals surface area contributed by atoms with E-state index in [1.54, 1.807) is 6.26 Å². The normalized spacial score (nSPS) is 12.5. The van der Waals surface area contributed by atoms with Crippen molar-refractivity contribution in [3.8, 4) is 0 Å². The minimum Gasteiger partial charge on any atom is -0.481 e. The van der Waals surface area contributed by atoms with Crippen molar-refractivity contribution in [1.29, 1.82) is 0 Å². The summed E-state index contributed by atoms with van der Waals surface area (Å²) in [5, 5.41) is 17.8. The number of nitrogens with zero attached hydrogens (tertiary/aromatic N) is 3. The van der Waals surface area contributed by atoms with E-state index in [-0.39, 0.29) is 11.8 Å². The Morgan fingerprint density at radius 3 is 2.95 bits per heavy atom. The minimum absolute atomic E-state index is 0.0161. The van der Waals surface area contributed by atoms with Crippen LogP contribution in [0.4, 0.5) is 0 Å². The first kappa shape index (κ1) is 15.6. The number of rotatable bonds is 8. The molecule has 0 radical (unpaired) electrons. The third-order valence-electron chi connectivity index (χ3n) is 3.05. The molecule has 0 aliphatic heterocycles. The average molecular weight is 309 g/mol. The van der Waals surface area contributed by atoms with Gasteiger partial charge in [0.25, 0.3) is 0 Å². The maximum atomic E-state index is 10.7. The van der Waals surface area contributed by atoms with E-state index in [4.69, 9.17) is 9.52 Å². The van der Waals surface area contributed by atoms with Gasteiger partial charge >= 0.3 is 5.97 Å². The second-order valence-corrected chi connectivity index (χ2v) is 5.78. The maximum absolute atomic E-state index is 10.7. The van der Waals surface area contributed by atoms with Gasteiger partial charge in [-0.05, 0) is 25.5 Å². The summed E-state index contributed by atoms with van der Waals surface area (Å²) >= 11 is 1.20. The van der Waals surface area contributed by atoms with Crippen molar-refractivity contribution >= 4 is 17.7 Å². The summed E-state index contributed by atoms with van der Waals surface area (Å²) in [6.45, 7) is 4.15. The van der Waals surface area contributed by atoms with Crippen molar-refractivity contribution < 1.29 is 14.3 Å². The highest BCUT2D eigenvalue weighted by molar-refractivity contribution is 7.99. The summed E-state index contributed by atoms with van der Waals surface area (Å²) in [5.74, 6) is 0.917. The quantitative estimate of drug-likeness (QED) is 0.755. The van der Waals surface area contributed by atoms with Gasteiger partial charge in [-0.3, -0.25) is 4.79 Å². The van der Waals surface area contributed by atoms with Crippen LogP contribution >= 0.6 is 11.8 Å². The number of carbonyl (C=O) groups is 1. The van der Waals surface area contributed by atoms with Crippen molar-refractivity contribution in [1.82, 2.24) is 14.8 Å². The number of carboxylic acid groups (broad SMARTS) is 1. The molecule has 0 aliphatic carbocycles. The molecule has 0 amide bonds. The fourth-order valence-electron chi connectivity index (χ4n) is 2.18. The van der Waals surface area contributed by atoms with Gasteiger partial charge in [-0.25, -0.2) is 0 Å². The number of aromatic nitrogens is 3. The molecular weight excluding hydrogens is 290 g/mol. The molecule has 2 heterocycles. The van der Waals surface area contributed by atoms with E-state index in [0.717, 1.165) is 30.8 Å². The van der Waals surface area contributed by atoms with Crippen molar-refractivity contribution in [2.75, 3.05) is 5.75 Å². The first-order valence-corrected chi connectivity index (χ1v) is 7.91. The van der Waals surface area contributed by atoms with Crippen molar-refractivity contribution in [2.45, 2.75) is 44.3 Å². The van der Waals surface area contributed by atoms with Crippen LogP contribution in [0.25, 0.3) is 0 Å². The highest BCUT2D eigenvalue weighted by Crippen LogP contribution is 2.25. The van der Waals surface area contributed by atoms with Crippen LogP contribution in [0, 0.1) is 0 Å². The van der Waals surface area contributed by atoms with Crippen molar-refractivity contribution in [2.24, 2.45) is 0 Å². The van der Waals surface area contributed by atoms with Crippen LogP contribution in [0.1, 0.15) is 37.9 Å². The largest absolute Gasteiger partial charge is 0.481 e. The van der Waals surface area contributed by atoms with Gasteiger partial charge in [0.2, 0.25) is 0 Å². The van der Waals surface area contributed by atoms with Crippen LogP contribution < -0.4 is 0 Å². The predicted molar refractivity (Wildman–Crippen MR) is 79.5 cm³/mol. The molecule has 0 fully saturated rings. The molecule has 2 rings (SSSR count). The van der Waals surface area contributed by atoms with Gasteiger partial charge in [-0.15, -0.1) is 10.2 Å². The topological polar surface area (TPSA) is 81.1 Å². The molecule has 0 bridgehead atoms. The third kappa shape index (κ3) is 4.10. The van der Waals surface area contributed by atoms with Crippen LogP contribution in [0.15, 0.2) is 28.0 Å². The number of aliphatic carboxylic acids is 1. The second kappa shape index (κ2) is 7.31. The van der Waals surface area contributed by atoms with Crippen LogP contribution in [0.2, 0.25) is 0 Å². The van der Waals surface area contributed by atoms with Gasteiger partial charge in [0.15, 0.2) is 5.16 Å². The number of hydrogen-bond acceptors (Lipinski definition) is 5.